The molecule has 1 aromatic rings. The molecule has 2 N–H and O–H groups in total. The Labute approximate surface area is 143 Å². The molecule has 5 nitrogen and oxygen atoms in total. The van der Waals surface area contributed by atoms with E-state index in [-0.39, 0.29) is 5.82 Å². The van der Waals surface area contributed by atoms with Crippen molar-refractivity contribution in [1.29, 1.82) is 0 Å². The minimum absolute atomic E-state index is 0.227. The molecule has 0 saturated heterocycles. The van der Waals surface area contributed by atoms with Crippen LogP contribution in [-0.4, -0.2) is 28.6 Å². The van der Waals surface area contributed by atoms with Gasteiger partial charge in [-0.1, -0.05) is 37.2 Å². The van der Waals surface area contributed by atoms with Gasteiger partial charge in [0.25, 0.3) is 5.97 Å². The van der Waals surface area contributed by atoms with Gasteiger partial charge in [0.2, 0.25) is 0 Å². The zero-order valence-corrected chi connectivity index (χ0v) is 14.9. The van der Waals surface area contributed by atoms with Crippen molar-refractivity contribution in [2.45, 2.75) is 59.0 Å². The molecule has 6 heteroatoms. The Hall–Kier alpha value is -1.95. The number of halogens is 1. The van der Waals surface area contributed by atoms with Crippen molar-refractivity contribution in [3.8, 4) is 0 Å². The van der Waals surface area contributed by atoms with Gasteiger partial charge in [-0.05, 0) is 38.7 Å². The molecule has 0 amide bonds. The van der Waals surface area contributed by atoms with Crippen molar-refractivity contribution in [2.24, 2.45) is 5.16 Å². The highest BCUT2D eigenvalue weighted by Crippen LogP contribution is 2.40. The first-order chi connectivity index (χ1) is 11.4. The maximum Gasteiger partial charge on any atom is 0.300 e. The van der Waals surface area contributed by atoms with Gasteiger partial charge in [0, 0.05) is 19.1 Å². The summed E-state index contributed by atoms with van der Waals surface area (Å²) in [5.41, 5.74) is 0.805. The van der Waals surface area contributed by atoms with Crippen molar-refractivity contribution in [3.05, 3.63) is 35.6 Å². The number of oxime groups is 1. The van der Waals surface area contributed by atoms with E-state index < -0.39 is 11.6 Å². The van der Waals surface area contributed by atoms with Crippen molar-refractivity contribution in [1.82, 2.24) is 0 Å². The number of aliphatic carboxylic acids is 1. The second-order valence-electron chi connectivity index (χ2n) is 5.09. The standard InChI is InChI=1S/C14H18FNO2.C2H4O2.C2H6/c1-2-18-14(9-7-11(16-17)8-10-14)12-5-3-4-6-13(12)15;1-2(3)4;1-2/h3-6,17H,2,7-10H2,1H3;1H3,(H,3,4);1-2H3. The third kappa shape index (κ3) is 6.66. The highest BCUT2D eigenvalue weighted by atomic mass is 19.1. The largest absolute Gasteiger partial charge is 0.481 e. The molecule has 2 rings (SSSR count). The normalized spacial score (nSPS) is 19.3. The summed E-state index contributed by atoms with van der Waals surface area (Å²) < 4.78 is 19.8. The van der Waals surface area contributed by atoms with Crippen LogP contribution in [0.4, 0.5) is 4.39 Å². The van der Waals surface area contributed by atoms with Crippen LogP contribution in [0.3, 0.4) is 0 Å². The second-order valence-corrected chi connectivity index (χ2v) is 5.09. The predicted molar refractivity (Wildman–Crippen MR) is 92.1 cm³/mol. The maximum atomic E-state index is 14.0. The molecule has 0 heterocycles. The summed E-state index contributed by atoms with van der Waals surface area (Å²) in [7, 11) is 0. The number of benzene rings is 1. The number of carbonyl (C=O) groups is 1. The summed E-state index contributed by atoms with van der Waals surface area (Å²) in [6.45, 7) is 7.54. The Bertz CT molecular complexity index is 518. The van der Waals surface area contributed by atoms with Gasteiger partial charge in [-0.2, -0.15) is 0 Å². The van der Waals surface area contributed by atoms with Crippen LogP contribution in [0.25, 0.3) is 0 Å². The van der Waals surface area contributed by atoms with Crippen LogP contribution in [0, 0.1) is 5.82 Å². The fourth-order valence-corrected chi connectivity index (χ4v) is 2.64. The van der Waals surface area contributed by atoms with Crippen LogP contribution in [0.2, 0.25) is 0 Å². The Morgan fingerprint density at radius 2 is 1.79 bits per heavy atom. The second kappa shape index (κ2) is 11.6. The molecular formula is C18H28FNO4. The van der Waals surface area contributed by atoms with Gasteiger partial charge < -0.3 is 15.1 Å². The smallest absolute Gasteiger partial charge is 0.300 e. The Morgan fingerprint density at radius 1 is 1.29 bits per heavy atom. The molecule has 0 unspecified atom stereocenters. The van der Waals surface area contributed by atoms with Crippen LogP contribution in [0.5, 0.6) is 0 Å². The molecular weight excluding hydrogens is 313 g/mol. The number of nitrogens with zero attached hydrogens (tertiary/aromatic N) is 1. The van der Waals surface area contributed by atoms with E-state index >= 15 is 0 Å². The van der Waals surface area contributed by atoms with Crippen molar-refractivity contribution < 1.29 is 24.2 Å². The quantitative estimate of drug-likeness (QED) is 0.623. The molecule has 0 spiro atoms. The molecule has 1 aromatic carbocycles. The summed E-state index contributed by atoms with van der Waals surface area (Å²) in [5.74, 6) is -1.06. The van der Waals surface area contributed by atoms with Crippen LogP contribution in [-0.2, 0) is 15.1 Å². The molecule has 24 heavy (non-hydrogen) atoms. The molecule has 0 aliphatic heterocycles. The summed E-state index contributed by atoms with van der Waals surface area (Å²) in [6.07, 6.45) is 2.60. The molecule has 0 radical (unpaired) electrons. The lowest BCUT2D eigenvalue weighted by atomic mass is 9.78. The zero-order chi connectivity index (χ0) is 18.6. The lowest BCUT2D eigenvalue weighted by Gasteiger charge is -2.37. The monoisotopic (exact) mass is 341 g/mol. The summed E-state index contributed by atoms with van der Waals surface area (Å²) in [5, 5.41) is 19.5. The van der Waals surface area contributed by atoms with Crippen LogP contribution in [0.1, 0.15) is 58.9 Å². The predicted octanol–water partition coefficient (Wildman–Crippen LogP) is 4.58. The average Bonchev–Trinajstić information content (AvgIpc) is 2.57. The molecule has 1 fully saturated rings. The van der Waals surface area contributed by atoms with E-state index in [0.29, 0.717) is 37.9 Å². The first-order valence-corrected chi connectivity index (χ1v) is 8.23. The SMILES string of the molecule is CC.CC(=O)O.CCOC1(c2ccccc2F)CCC(=NO)CC1. The summed E-state index contributed by atoms with van der Waals surface area (Å²) in [6, 6.07) is 6.76. The number of carboxylic acid groups (broad SMARTS) is 1. The van der Waals surface area contributed by atoms with Crippen molar-refractivity contribution >= 4 is 11.7 Å². The van der Waals surface area contributed by atoms with Gasteiger partial charge in [-0.3, -0.25) is 4.79 Å². The Balaban J connectivity index is 0.000000773. The molecule has 0 aromatic heterocycles. The highest BCUT2D eigenvalue weighted by Gasteiger charge is 2.38. The molecule has 1 aliphatic rings. The van der Waals surface area contributed by atoms with E-state index in [4.69, 9.17) is 19.8 Å². The van der Waals surface area contributed by atoms with Crippen molar-refractivity contribution in [2.75, 3.05) is 6.61 Å². The van der Waals surface area contributed by atoms with Gasteiger partial charge in [-0.15, -0.1) is 0 Å². The highest BCUT2D eigenvalue weighted by molar-refractivity contribution is 5.84. The summed E-state index contributed by atoms with van der Waals surface area (Å²) >= 11 is 0. The summed E-state index contributed by atoms with van der Waals surface area (Å²) in [4.78, 5) is 9.00. The maximum absolute atomic E-state index is 14.0. The number of ether oxygens (including phenoxy) is 1. The van der Waals surface area contributed by atoms with E-state index in [1.165, 1.54) is 6.07 Å². The lowest BCUT2D eigenvalue weighted by Crippen LogP contribution is -2.35. The molecule has 1 saturated carbocycles. The molecule has 0 atom stereocenters. The first kappa shape index (κ1) is 22.1. The Kier molecular flexibility index (Phi) is 10.6. The van der Waals surface area contributed by atoms with Gasteiger partial charge in [-0.25, -0.2) is 4.39 Å². The number of hydrogen-bond acceptors (Lipinski definition) is 4. The third-order valence-electron chi connectivity index (χ3n) is 3.56. The molecule has 136 valence electrons. The van der Waals surface area contributed by atoms with Gasteiger partial charge in [0.15, 0.2) is 0 Å². The van der Waals surface area contributed by atoms with Gasteiger partial charge >= 0.3 is 0 Å². The molecule has 1 aliphatic carbocycles. The topological polar surface area (TPSA) is 79.1 Å². The van der Waals surface area contributed by atoms with E-state index in [1.807, 2.05) is 26.8 Å². The Morgan fingerprint density at radius 3 is 2.21 bits per heavy atom. The van der Waals surface area contributed by atoms with Crippen LogP contribution >= 0.6 is 0 Å². The first-order valence-electron chi connectivity index (χ1n) is 8.23. The van der Waals surface area contributed by atoms with Crippen LogP contribution < -0.4 is 0 Å². The van der Waals surface area contributed by atoms with Crippen molar-refractivity contribution in [3.63, 3.8) is 0 Å². The number of rotatable bonds is 3. The third-order valence-corrected chi connectivity index (χ3v) is 3.56. The van der Waals surface area contributed by atoms with E-state index in [0.717, 1.165) is 12.6 Å². The zero-order valence-electron chi connectivity index (χ0n) is 14.9. The van der Waals surface area contributed by atoms with Gasteiger partial charge in [0.05, 0.1) is 11.3 Å². The minimum Gasteiger partial charge on any atom is -0.481 e. The molecule has 0 bridgehead atoms. The fourth-order valence-electron chi connectivity index (χ4n) is 2.64. The van der Waals surface area contributed by atoms with E-state index in [1.54, 1.807) is 12.1 Å². The fraction of sp³-hybridized carbons (Fsp3) is 0.556. The number of hydrogen-bond donors (Lipinski definition) is 2. The van der Waals surface area contributed by atoms with Crippen LogP contribution in [0.15, 0.2) is 29.4 Å². The van der Waals surface area contributed by atoms with E-state index in [2.05, 4.69) is 5.16 Å². The van der Waals surface area contributed by atoms with E-state index in [9.17, 15) is 4.39 Å². The minimum atomic E-state index is -0.833. The van der Waals surface area contributed by atoms with Gasteiger partial charge in [0.1, 0.15) is 5.82 Å². The average molecular weight is 341 g/mol. The number of carboxylic acids is 1. The lowest BCUT2D eigenvalue weighted by molar-refractivity contribution is -0.134.